The predicted molar refractivity (Wildman–Crippen MR) is 87.7 cm³/mol. The van der Waals surface area contributed by atoms with Gasteiger partial charge in [0.15, 0.2) is 0 Å². The number of benzene rings is 1. The zero-order chi connectivity index (χ0) is 15.4. The van der Waals surface area contributed by atoms with E-state index < -0.39 is 0 Å². The van der Waals surface area contributed by atoms with Crippen LogP contribution in [0.25, 0.3) is 0 Å². The Labute approximate surface area is 134 Å². The molecule has 0 aromatic heterocycles. The maximum absolute atomic E-state index is 12.3. The number of hydrogen-bond acceptors (Lipinski definition) is 4. The van der Waals surface area contributed by atoms with E-state index in [1.54, 1.807) is 23.9 Å². The van der Waals surface area contributed by atoms with Crippen molar-refractivity contribution in [2.75, 3.05) is 31.3 Å². The topological polar surface area (TPSA) is 61.4 Å². The highest BCUT2D eigenvalue weighted by molar-refractivity contribution is 7.99. The molecule has 2 atom stereocenters. The lowest BCUT2D eigenvalue weighted by molar-refractivity contribution is -0.131. The lowest BCUT2D eigenvalue weighted by Gasteiger charge is -2.19. The number of nitrogens with zero attached hydrogens (tertiary/aromatic N) is 1. The van der Waals surface area contributed by atoms with Crippen LogP contribution in [0.4, 0.5) is 0 Å². The SMILES string of the molecule is O=C(NCC1CNC(C(=O)N2CCSC2)C1)c1ccccc1. The molecule has 3 rings (SSSR count). The van der Waals surface area contributed by atoms with Gasteiger partial charge in [0, 0.05) is 31.0 Å². The first kappa shape index (κ1) is 15.4. The van der Waals surface area contributed by atoms with Gasteiger partial charge in [0.2, 0.25) is 5.91 Å². The molecule has 2 saturated heterocycles. The molecular weight excluding hydrogens is 298 g/mol. The molecule has 6 heteroatoms. The third-order valence-electron chi connectivity index (χ3n) is 4.17. The van der Waals surface area contributed by atoms with Crippen LogP contribution in [0.5, 0.6) is 0 Å². The van der Waals surface area contributed by atoms with E-state index in [9.17, 15) is 9.59 Å². The van der Waals surface area contributed by atoms with Crippen molar-refractivity contribution in [2.45, 2.75) is 12.5 Å². The average molecular weight is 319 g/mol. The molecule has 2 fully saturated rings. The highest BCUT2D eigenvalue weighted by Gasteiger charge is 2.33. The van der Waals surface area contributed by atoms with Crippen molar-refractivity contribution < 1.29 is 9.59 Å². The summed E-state index contributed by atoms with van der Waals surface area (Å²) in [4.78, 5) is 26.3. The molecule has 22 heavy (non-hydrogen) atoms. The molecule has 0 aliphatic carbocycles. The Hall–Kier alpha value is -1.53. The second-order valence-electron chi connectivity index (χ2n) is 5.78. The zero-order valence-corrected chi connectivity index (χ0v) is 13.3. The van der Waals surface area contributed by atoms with Gasteiger partial charge in [-0.25, -0.2) is 0 Å². The van der Waals surface area contributed by atoms with E-state index in [0.29, 0.717) is 18.0 Å². The highest BCUT2D eigenvalue weighted by Crippen LogP contribution is 2.20. The quantitative estimate of drug-likeness (QED) is 0.867. The summed E-state index contributed by atoms with van der Waals surface area (Å²) in [6.07, 6.45) is 0.801. The maximum Gasteiger partial charge on any atom is 0.251 e. The summed E-state index contributed by atoms with van der Waals surface area (Å²) in [6.45, 7) is 2.25. The summed E-state index contributed by atoms with van der Waals surface area (Å²) in [5, 5.41) is 6.26. The van der Waals surface area contributed by atoms with Gasteiger partial charge in [-0.3, -0.25) is 9.59 Å². The smallest absolute Gasteiger partial charge is 0.251 e. The van der Waals surface area contributed by atoms with Crippen molar-refractivity contribution in [1.82, 2.24) is 15.5 Å². The molecule has 2 heterocycles. The largest absolute Gasteiger partial charge is 0.352 e. The molecule has 5 nitrogen and oxygen atoms in total. The number of amides is 2. The first-order chi connectivity index (χ1) is 10.7. The van der Waals surface area contributed by atoms with E-state index in [-0.39, 0.29) is 17.9 Å². The molecule has 2 amide bonds. The molecule has 118 valence electrons. The standard InChI is InChI=1S/C16H21N3O2S/c20-15(13-4-2-1-3-5-13)18-10-12-8-14(17-9-12)16(21)19-6-7-22-11-19/h1-5,12,14,17H,6-11H2,(H,18,20). The van der Waals surface area contributed by atoms with E-state index >= 15 is 0 Å². The molecule has 0 radical (unpaired) electrons. The van der Waals surface area contributed by atoms with Gasteiger partial charge in [-0.15, -0.1) is 11.8 Å². The highest BCUT2D eigenvalue weighted by atomic mass is 32.2. The normalized spacial score (nSPS) is 24.5. The minimum atomic E-state index is -0.0858. The first-order valence-electron chi connectivity index (χ1n) is 7.67. The Morgan fingerprint density at radius 3 is 2.86 bits per heavy atom. The molecule has 2 N–H and O–H groups in total. The van der Waals surface area contributed by atoms with Crippen LogP contribution in [0.1, 0.15) is 16.8 Å². The lowest BCUT2D eigenvalue weighted by Crippen LogP contribution is -2.42. The van der Waals surface area contributed by atoms with Gasteiger partial charge in [0.05, 0.1) is 11.9 Å². The third-order valence-corrected chi connectivity index (χ3v) is 5.14. The molecule has 2 aliphatic heterocycles. The minimum absolute atomic E-state index is 0.0497. The molecule has 0 bridgehead atoms. The van der Waals surface area contributed by atoms with Crippen LogP contribution in [0, 0.1) is 5.92 Å². The summed E-state index contributed by atoms with van der Waals surface area (Å²) in [7, 11) is 0. The Balaban J connectivity index is 1.45. The van der Waals surface area contributed by atoms with Crippen molar-refractivity contribution in [2.24, 2.45) is 5.92 Å². The molecule has 0 spiro atoms. The molecule has 2 aliphatic rings. The maximum atomic E-state index is 12.3. The van der Waals surface area contributed by atoms with E-state index in [4.69, 9.17) is 0 Å². The van der Waals surface area contributed by atoms with Gasteiger partial charge in [0.25, 0.3) is 5.91 Å². The zero-order valence-electron chi connectivity index (χ0n) is 12.5. The van der Waals surface area contributed by atoms with Crippen LogP contribution in [0.2, 0.25) is 0 Å². The second kappa shape index (κ2) is 7.15. The number of carbonyl (C=O) groups excluding carboxylic acids is 2. The average Bonchev–Trinajstić information content (AvgIpc) is 3.24. The Morgan fingerprint density at radius 1 is 1.32 bits per heavy atom. The van der Waals surface area contributed by atoms with Crippen molar-refractivity contribution in [3.05, 3.63) is 35.9 Å². The molecule has 0 saturated carbocycles. The van der Waals surface area contributed by atoms with Crippen molar-refractivity contribution in [1.29, 1.82) is 0 Å². The molecule has 1 aromatic rings. The van der Waals surface area contributed by atoms with E-state index in [1.807, 2.05) is 23.1 Å². The van der Waals surface area contributed by atoms with Gasteiger partial charge in [0.1, 0.15) is 0 Å². The van der Waals surface area contributed by atoms with Crippen LogP contribution in [-0.4, -0.2) is 54.0 Å². The van der Waals surface area contributed by atoms with Crippen LogP contribution in [-0.2, 0) is 4.79 Å². The summed E-state index contributed by atoms with van der Waals surface area (Å²) >= 11 is 1.80. The van der Waals surface area contributed by atoms with Gasteiger partial charge in [-0.2, -0.15) is 0 Å². The van der Waals surface area contributed by atoms with Crippen molar-refractivity contribution in [3.63, 3.8) is 0 Å². The molecule has 1 aromatic carbocycles. The Bertz CT molecular complexity index is 531. The lowest BCUT2D eigenvalue weighted by atomic mass is 10.0. The fraction of sp³-hybridized carbons (Fsp3) is 0.500. The van der Waals surface area contributed by atoms with Gasteiger partial charge in [-0.05, 0) is 24.5 Å². The first-order valence-corrected chi connectivity index (χ1v) is 8.82. The summed E-state index contributed by atoms with van der Waals surface area (Å²) in [5.74, 6) is 2.33. The summed E-state index contributed by atoms with van der Waals surface area (Å²) in [5.41, 5.74) is 0.676. The molecular formula is C16H21N3O2S. The second-order valence-corrected chi connectivity index (χ2v) is 6.85. The van der Waals surface area contributed by atoms with Crippen LogP contribution < -0.4 is 10.6 Å². The fourth-order valence-electron chi connectivity index (χ4n) is 2.89. The predicted octanol–water partition coefficient (Wildman–Crippen LogP) is 0.927. The van der Waals surface area contributed by atoms with E-state index in [2.05, 4.69) is 10.6 Å². The fourth-order valence-corrected chi connectivity index (χ4v) is 3.84. The monoisotopic (exact) mass is 319 g/mol. The summed E-state index contributed by atoms with van der Waals surface area (Å²) in [6, 6.07) is 9.13. The van der Waals surface area contributed by atoms with E-state index in [0.717, 1.165) is 31.1 Å². The van der Waals surface area contributed by atoms with Crippen LogP contribution in [0.3, 0.4) is 0 Å². The Morgan fingerprint density at radius 2 is 2.14 bits per heavy atom. The number of nitrogens with one attached hydrogen (secondary N) is 2. The number of hydrogen-bond donors (Lipinski definition) is 2. The van der Waals surface area contributed by atoms with Gasteiger partial charge in [-0.1, -0.05) is 18.2 Å². The van der Waals surface area contributed by atoms with Crippen molar-refractivity contribution in [3.8, 4) is 0 Å². The number of thioether (sulfide) groups is 1. The molecule has 2 unspecified atom stereocenters. The van der Waals surface area contributed by atoms with E-state index in [1.165, 1.54) is 0 Å². The van der Waals surface area contributed by atoms with Crippen LogP contribution in [0.15, 0.2) is 30.3 Å². The van der Waals surface area contributed by atoms with Crippen molar-refractivity contribution >= 4 is 23.6 Å². The Kier molecular flexibility index (Phi) is 5.00. The van der Waals surface area contributed by atoms with Gasteiger partial charge >= 0.3 is 0 Å². The number of carbonyl (C=O) groups is 2. The number of rotatable bonds is 4. The third kappa shape index (κ3) is 3.62. The summed E-state index contributed by atoms with van der Waals surface area (Å²) < 4.78 is 0. The van der Waals surface area contributed by atoms with Gasteiger partial charge < -0.3 is 15.5 Å². The minimum Gasteiger partial charge on any atom is -0.352 e. The van der Waals surface area contributed by atoms with Crippen LogP contribution >= 0.6 is 11.8 Å².